The van der Waals surface area contributed by atoms with E-state index in [1.165, 1.54) is 25.7 Å². The highest BCUT2D eigenvalue weighted by molar-refractivity contribution is 5.95. The molecule has 1 amide bonds. The van der Waals surface area contributed by atoms with E-state index in [1.54, 1.807) is 25.3 Å². The molecule has 0 saturated heterocycles. The molecule has 4 atom stereocenters. The van der Waals surface area contributed by atoms with Gasteiger partial charge in [-0.25, -0.2) is 0 Å². The van der Waals surface area contributed by atoms with Crippen molar-refractivity contribution in [2.45, 2.75) is 45.6 Å². The number of amides is 1. The van der Waals surface area contributed by atoms with Crippen LogP contribution in [0.2, 0.25) is 0 Å². The molecular formula is C19H27NO3. The maximum Gasteiger partial charge on any atom is 0.251 e. The van der Waals surface area contributed by atoms with E-state index in [2.05, 4.69) is 12.2 Å². The summed E-state index contributed by atoms with van der Waals surface area (Å²) in [6.07, 6.45) is 5.37. The molecule has 4 unspecified atom stereocenters. The molecule has 126 valence electrons. The van der Waals surface area contributed by atoms with Crippen molar-refractivity contribution in [2.24, 2.45) is 17.8 Å². The molecule has 2 aliphatic carbocycles. The predicted molar refractivity (Wildman–Crippen MR) is 90.0 cm³/mol. The average Bonchev–Trinajstić information content (AvgIpc) is 3.18. The molecule has 1 aromatic carbocycles. The van der Waals surface area contributed by atoms with E-state index in [1.807, 2.05) is 6.92 Å². The number of methoxy groups -OCH3 is 1. The third-order valence-corrected chi connectivity index (χ3v) is 5.52. The molecule has 1 aromatic rings. The van der Waals surface area contributed by atoms with Crippen LogP contribution in [0.1, 0.15) is 49.9 Å². The van der Waals surface area contributed by atoms with Crippen LogP contribution in [-0.2, 0) is 0 Å². The fourth-order valence-electron chi connectivity index (χ4n) is 4.39. The molecule has 3 rings (SSSR count). The zero-order valence-corrected chi connectivity index (χ0v) is 14.3. The Morgan fingerprint density at radius 2 is 2.13 bits per heavy atom. The van der Waals surface area contributed by atoms with Gasteiger partial charge in [0.25, 0.3) is 5.91 Å². The summed E-state index contributed by atoms with van der Waals surface area (Å²) in [5.74, 6) is 3.60. The summed E-state index contributed by atoms with van der Waals surface area (Å²) in [6, 6.07) is 5.60. The fourth-order valence-corrected chi connectivity index (χ4v) is 4.39. The van der Waals surface area contributed by atoms with Crippen molar-refractivity contribution in [1.29, 1.82) is 0 Å². The first-order valence-electron chi connectivity index (χ1n) is 8.74. The Hall–Kier alpha value is -1.71. The van der Waals surface area contributed by atoms with E-state index < -0.39 is 0 Å². The van der Waals surface area contributed by atoms with Gasteiger partial charge in [0, 0.05) is 11.6 Å². The molecule has 0 radical (unpaired) electrons. The molecule has 0 aromatic heterocycles. The van der Waals surface area contributed by atoms with Crippen LogP contribution in [-0.4, -0.2) is 25.7 Å². The highest BCUT2D eigenvalue weighted by atomic mass is 16.5. The Labute approximate surface area is 138 Å². The van der Waals surface area contributed by atoms with Crippen LogP contribution in [0, 0.1) is 17.8 Å². The molecule has 23 heavy (non-hydrogen) atoms. The Morgan fingerprint density at radius 3 is 2.74 bits per heavy atom. The number of fused-ring (bicyclic) bond motifs is 2. The number of benzene rings is 1. The van der Waals surface area contributed by atoms with Gasteiger partial charge in [0.15, 0.2) is 11.5 Å². The van der Waals surface area contributed by atoms with Gasteiger partial charge in [-0.05, 0) is 69.1 Å². The molecule has 0 heterocycles. The average molecular weight is 317 g/mol. The van der Waals surface area contributed by atoms with Gasteiger partial charge in [-0.15, -0.1) is 0 Å². The number of carbonyl (C=O) groups excluding carboxylic acids is 1. The lowest BCUT2D eigenvalue weighted by molar-refractivity contribution is 0.0915. The summed E-state index contributed by atoms with van der Waals surface area (Å²) >= 11 is 0. The van der Waals surface area contributed by atoms with Crippen molar-refractivity contribution < 1.29 is 14.3 Å². The molecule has 0 aliphatic heterocycles. The van der Waals surface area contributed by atoms with Crippen LogP contribution in [0.4, 0.5) is 0 Å². The second-order valence-electron chi connectivity index (χ2n) is 6.90. The number of ether oxygens (including phenoxy) is 2. The minimum atomic E-state index is -0.0263. The molecule has 2 bridgehead atoms. The molecule has 2 saturated carbocycles. The van der Waals surface area contributed by atoms with Crippen LogP contribution < -0.4 is 14.8 Å². The summed E-state index contributed by atoms with van der Waals surface area (Å²) < 4.78 is 10.8. The zero-order chi connectivity index (χ0) is 16.4. The largest absolute Gasteiger partial charge is 0.493 e. The van der Waals surface area contributed by atoms with Crippen molar-refractivity contribution in [3.63, 3.8) is 0 Å². The number of hydrogen-bond acceptors (Lipinski definition) is 3. The minimum absolute atomic E-state index is 0.0263. The third-order valence-electron chi connectivity index (χ3n) is 5.52. The van der Waals surface area contributed by atoms with Crippen LogP contribution >= 0.6 is 0 Å². The smallest absolute Gasteiger partial charge is 0.251 e. The molecule has 4 nitrogen and oxygen atoms in total. The van der Waals surface area contributed by atoms with Crippen LogP contribution in [0.15, 0.2) is 18.2 Å². The highest BCUT2D eigenvalue weighted by Gasteiger charge is 2.42. The lowest BCUT2D eigenvalue weighted by atomic mass is 9.84. The SMILES string of the molecule is CCOc1ccc(C(=O)NC(C)C2CC3CCC2C3)cc1OC. The third kappa shape index (κ3) is 3.31. The van der Waals surface area contributed by atoms with Crippen LogP contribution in [0.3, 0.4) is 0 Å². The maximum atomic E-state index is 12.5. The summed E-state index contributed by atoms with van der Waals surface area (Å²) in [5.41, 5.74) is 0.625. The molecule has 0 spiro atoms. The van der Waals surface area contributed by atoms with E-state index in [4.69, 9.17) is 9.47 Å². The van der Waals surface area contributed by atoms with E-state index >= 15 is 0 Å². The fraction of sp³-hybridized carbons (Fsp3) is 0.632. The Bertz CT molecular complexity index is 572. The summed E-state index contributed by atoms with van der Waals surface area (Å²) in [7, 11) is 1.59. The Kier molecular flexibility index (Phi) is 4.79. The minimum Gasteiger partial charge on any atom is -0.493 e. The van der Waals surface area contributed by atoms with Crippen LogP contribution in [0.5, 0.6) is 11.5 Å². The Morgan fingerprint density at radius 1 is 1.30 bits per heavy atom. The Balaban J connectivity index is 1.65. The lowest BCUT2D eigenvalue weighted by Gasteiger charge is -2.28. The highest BCUT2D eigenvalue weighted by Crippen LogP contribution is 2.49. The van der Waals surface area contributed by atoms with Crippen molar-refractivity contribution in [3.05, 3.63) is 23.8 Å². The van der Waals surface area contributed by atoms with Gasteiger partial charge in [-0.3, -0.25) is 4.79 Å². The summed E-state index contributed by atoms with van der Waals surface area (Å²) in [5, 5.41) is 3.19. The van der Waals surface area contributed by atoms with Gasteiger partial charge in [0.2, 0.25) is 0 Å². The van der Waals surface area contributed by atoms with Crippen molar-refractivity contribution in [1.82, 2.24) is 5.32 Å². The number of hydrogen-bond donors (Lipinski definition) is 1. The van der Waals surface area contributed by atoms with Gasteiger partial charge >= 0.3 is 0 Å². The number of nitrogens with one attached hydrogen (secondary N) is 1. The molecular weight excluding hydrogens is 290 g/mol. The van der Waals surface area contributed by atoms with E-state index in [0.717, 1.165) is 11.8 Å². The van der Waals surface area contributed by atoms with Gasteiger partial charge in [0.05, 0.1) is 13.7 Å². The van der Waals surface area contributed by atoms with E-state index in [9.17, 15) is 4.79 Å². The van der Waals surface area contributed by atoms with E-state index in [0.29, 0.717) is 29.6 Å². The molecule has 1 N–H and O–H groups in total. The first kappa shape index (κ1) is 16.2. The quantitative estimate of drug-likeness (QED) is 0.871. The summed E-state index contributed by atoms with van der Waals surface area (Å²) in [4.78, 5) is 12.5. The number of carbonyl (C=O) groups is 1. The van der Waals surface area contributed by atoms with Crippen molar-refractivity contribution in [3.8, 4) is 11.5 Å². The zero-order valence-electron chi connectivity index (χ0n) is 14.3. The topological polar surface area (TPSA) is 47.6 Å². The first-order chi connectivity index (χ1) is 11.1. The predicted octanol–water partition coefficient (Wildman–Crippen LogP) is 3.65. The second kappa shape index (κ2) is 6.81. The molecule has 2 aliphatic rings. The lowest BCUT2D eigenvalue weighted by Crippen LogP contribution is -2.40. The van der Waals surface area contributed by atoms with E-state index in [-0.39, 0.29) is 11.9 Å². The molecule has 2 fully saturated rings. The summed E-state index contributed by atoms with van der Waals surface area (Å²) in [6.45, 7) is 4.65. The maximum absolute atomic E-state index is 12.5. The standard InChI is InChI=1S/C19H27NO3/c1-4-23-17-8-7-15(11-18(17)22-3)19(21)20-12(2)16-10-13-5-6-14(16)9-13/h7-8,11-14,16H,4-6,9-10H2,1-3H3,(H,20,21). The molecule has 4 heteroatoms. The van der Waals surface area contributed by atoms with Crippen LogP contribution in [0.25, 0.3) is 0 Å². The number of rotatable bonds is 6. The van der Waals surface area contributed by atoms with Gasteiger partial charge in [-0.1, -0.05) is 6.42 Å². The normalized spacial score (nSPS) is 26.8. The van der Waals surface area contributed by atoms with Gasteiger partial charge in [0.1, 0.15) is 0 Å². The second-order valence-corrected chi connectivity index (χ2v) is 6.90. The van der Waals surface area contributed by atoms with Crippen molar-refractivity contribution in [2.75, 3.05) is 13.7 Å². The first-order valence-corrected chi connectivity index (χ1v) is 8.74. The van der Waals surface area contributed by atoms with Gasteiger partial charge < -0.3 is 14.8 Å². The van der Waals surface area contributed by atoms with Gasteiger partial charge in [-0.2, -0.15) is 0 Å². The van der Waals surface area contributed by atoms with Crippen molar-refractivity contribution >= 4 is 5.91 Å². The monoisotopic (exact) mass is 317 g/mol.